The number of sulfone groups is 1. The van der Waals surface area contributed by atoms with Gasteiger partial charge in [-0.1, -0.05) is 11.8 Å². The molecule has 1 unspecified atom stereocenters. The smallest absolute Gasteiger partial charge is 0.233 e. The molecule has 0 spiro atoms. The number of halogens is 2. The highest BCUT2D eigenvalue weighted by atomic mass is 32.2. The van der Waals surface area contributed by atoms with Gasteiger partial charge in [-0.3, -0.25) is 4.79 Å². The van der Waals surface area contributed by atoms with Crippen molar-refractivity contribution in [3.8, 4) is 0 Å². The SMILES string of the molecule is CCN(C(=O)CSc1nc2cc(F)c(F)cc2[nH]1)C1CCS(=O)(=O)C1. The molecule has 0 radical (unpaired) electrons. The maximum atomic E-state index is 13.2. The quantitative estimate of drug-likeness (QED) is 0.791. The molecule has 0 aliphatic carbocycles. The molecule has 2 aromatic rings. The lowest BCUT2D eigenvalue weighted by atomic mass is 10.2. The maximum Gasteiger partial charge on any atom is 0.233 e. The summed E-state index contributed by atoms with van der Waals surface area (Å²) >= 11 is 1.12. The van der Waals surface area contributed by atoms with Crippen molar-refractivity contribution in [1.82, 2.24) is 14.9 Å². The first-order valence-electron chi connectivity index (χ1n) is 7.76. The Morgan fingerprint density at radius 1 is 1.40 bits per heavy atom. The van der Waals surface area contributed by atoms with Crippen molar-refractivity contribution in [1.29, 1.82) is 0 Å². The first-order chi connectivity index (χ1) is 11.8. The average molecular weight is 389 g/mol. The third-order valence-electron chi connectivity index (χ3n) is 4.14. The standard InChI is InChI=1S/C15H17F2N3O3S2/c1-2-20(9-3-4-25(22,23)8-9)14(21)7-24-15-18-12-5-10(16)11(17)6-13(12)19-15/h5-6,9H,2-4,7-8H2,1H3,(H,18,19). The Bertz CT molecular complexity index is 875. The number of carbonyl (C=O) groups excluding carboxylic acids is 1. The summed E-state index contributed by atoms with van der Waals surface area (Å²) in [5, 5.41) is 0.378. The summed E-state index contributed by atoms with van der Waals surface area (Å²) in [7, 11) is -3.07. The molecule has 1 aliphatic rings. The lowest BCUT2D eigenvalue weighted by Crippen LogP contribution is -2.41. The molecule has 1 saturated heterocycles. The molecule has 1 amide bonds. The summed E-state index contributed by atoms with van der Waals surface area (Å²) in [5.41, 5.74) is 0.631. The van der Waals surface area contributed by atoms with Crippen molar-refractivity contribution in [2.75, 3.05) is 23.8 Å². The van der Waals surface area contributed by atoms with Crippen molar-refractivity contribution in [3.63, 3.8) is 0 Å². The second kappa shape index (κ2) is 6.91. The third kappa shape index (κ3) is 3.95. The monoisotopic (exact) mass is 389 g/mol. The van der Waals surface area contributed by atoms with E-state index in [4.69, 9.17) is 0 Å². The topological polar surface area (TPSA) is 83.1 Å². The molecule has 136 valence electrons. The van der Waals surface area contributed by atoms with E-state index >= 15 is 0 Å². The number of hydrogen-bond acceptors (Lipinski definition) is 5. The normalized spacial score (nSPS) is 19.4. The van der Waals surface area contributed by atoms with E-state index in [9.17, 15) is 22.0 Å². The van der Waals surface area contributed by atoms with Crippen LogP contribution in [0.4, 0.5) is 8.78 Å². The first kappa shape index (κ1) is 18.1. The molecule has 10 heteroatoms. The van der Waals surface area contributed by atoms with Gasteiger partial charge in [0, 0.05) is 24.7 Å². The highest BCUT2D eigenvalue weighted by Crippen LogP contribution is 2.23. The van der Waals surface area contributed by atoms with Gasteiger partial charge in [0.1, 0.15) is 0 Å². The fourth-order valence-corrected chi connectivity index (χ4v) is 5.42. The zero-order valence-corrected chi connectivity index (χ0v) is 15.1. The number of rotatable bonds is 5. The molecule has 1 N–H and O–H groups in total. The Kier molecular flexibility index (Phi) is 5.01. The van der Waals surface area contributed by atoms with Crippen LogP contribution in [0.5, 0.6) is 0 Å². The van der Waals surface area contributed by atoms with Gasteiger partial charge >= 0.3 is 0 Å². The Hall–Kier alpha value is -1.68. The average Bonchev–Trinajstić information content (AvgIpc) is 3.09. The summed E-state index contributed by atoms with van der Waals surface area (Å²) in [4.78, 5) is 21.0. The third-order valence-corrected chi connectivity index (χ3v) is 6.75. The Labute approximate surface area is 147 Å². The molecular formula is C15H17F2N3O3S2. The molecule has 6 nitrogen and oxygen atoms in total. The van der Waals surface area contributed by atoms with Gasteiger partial charge in [-0.05, 0) is 13.3 Å². The molecule has 25 heavy (non-hydrogen) atoms. The van der Waals surface area contributed by atoms with Crippen LogP contribution in [0.3, 0.4) is 0 Å². The van der Waals surface area contributed by atoms with Crippen LogP contribution in [0.2, 0.25) is 0 Å². The van der Waals surface area contributed by atoms with Crippen LogP contribution in [0.1, 0.15) is 13.3 Å². The number of hydrogen-bond donors (Lipinski definition) is 1. The van der Waals surface area contributed by atoms with Gasteiger partial charge in [-0.2, -0.15) is 0 Å². The van der Waals surface area contributed by atoms with Crippen molar-refractivity contribution < 1.29 is 22.0 Å². The van der Waals surface area contributed by atoms with Crippen molar-refractivity contribution >= 4 is 38.5 Å². The van der Waals surface area contributed by atoms with E-state index in [1.54, 1.807) is 11.8 Å². The molecule has 0 bridgehead atoms. The van der Waals surface area contributed by atoms with Crippen LogP contribution in [-0.4, -0.2) is 59.0 Å². The minimum Gasteiger partial charge on any atom is -0.338 e. The summed E-state index contributed by atoms with van der Waals surface area (Å²) in [6.07, 6.45) is 0.454. The number of nitrogens with one attached hydrogen (secondary N) is 1. The molecule has 1 aliphatic heterocycles. The lowest BCUT2D eigenvalue weighted by Gasteiger charge is -2.26. The van der Waals surface area contributed by atoms with Gasteiger partial charge in [0.25, 0.3) is 0 Å². The number of aromatic nitrogens is 2. The predicted molar refractivity (Wildman–Crippen MR) is 91.2 cm³/mol. The van der Waals surface area contributed by atoms with Gasteiger partial charge in [0.15, 0.2) is 26.6 Å². The number of aromatic amines is 1. The number of H-pyrrole nitrogens is 1. The minimum absolute atomic E-state index is 0.000435. The summed E-state index contributed by atoms with van der Waals surface area (Å²) in [5.74, 6) is -1.97. The number of imidazole rings is 1. The number of thioether (sulfide) groups is 1. The maximum absolute atomic E-state index is 13.2. The summed E-state index contributed by atoms with van der Waals surface area (Å²) in [6, 6.07) is 1.72. The number of fused-ring (bicyclic) bond motifs is 1. The zero-order chi connectivity index (χ0) is 18.2. The molecule has 3 rings (SSSR count). The van der Waals surface area contributed by atoms with Gasteiger partial charge in [0.2, 0.25) is 5.91 Å². The fourth-order valence-electron chi connectivity index (χ4n) is 2.92. The molecule has 1 fully saturated rings. The highest BCUT2D eigenvalue weighted by Gasteiger charge is 2.33. The van der Waals surface area contributed by atoms with E-state index in [0.717, 1.165) is 23.9 Å². The largest absolute Gasteiger partial charge is 0.338 e. The molecule has 1 aromatic carbocycles. The van der Waals surface area contributed by atoms with Crippen molar-refractivity contribution in [2.45, 2.75) is 24.5 Å². The van der Waals surface area contributed by atoms with Crippen LogP contribution >= 0.6 is 11.8 Å². The number of benzene rings is 1. The van der Waals surface area contributed by atoms with E-state index in [-0.39, 0.29) is 34.7 Å². The number of nitrogens with zero attached hydrogens (tertiary/aromatic N) is 2. The second-order valence-electron chi connectivity index (χ2n) is 5.85. The van der Waals surface area contributed by atoms with Crippen LogP contribution in [0.25, 0.3) is 11.0 Å². The molecular weight excluding hydrogens is 372 g/mol. The van der Waals surface area contributed by atoms with Gasteiger partial charge < -0.3 is 9.88 Å². The molecule has 1 atom stereocenters. The number of carbonyl (C=O) groups is 1. The van der Waals surface area contributed by atoms with E-state index in [2.05, 4.69) is 9.97 Å². The number of amides is 1. The predicted octanol–water partition coefficient (Wildman–Crippen LogP) is 1.97. The Morgan fingerprint density at radius 2 is 2.12 bits per heavy atom. The van der Waals surface area contributed by atoms with Crippen molar-refractivity contribution in [3.05, 3.63) is 23.8 Å². The van der Waals surface area contributed by atoms with Gasteiger partial charge in [-0.15, -0.1) is 0 Å². The summed E-state index contributed by atoms with van der Waals surface area (Å²) in [6.45, 7) is 2.23. The summed E-state index contributed by atoms with van der Waals surface area (Å²) < 4.78 is 49.6. The van der Waals surface area contributed by atoms with Crippen molar-refractivity contribution in [2.24, 2.45) is 0 Å². The second-order valence-corrected chi connectivity index (χ2v) is 9.04. The van der Waals surface area contributed by atoms with E-state index in [1.165, 1.54) is 0 Å². The van der Waals surface area contributed by atoms with E-state index in [1.807, 2.05) is 0 Å². The van der Waals surface area contributed by atoms with E-state index < -0.39 is 21.5 Å². The minimum atomic E-state index is -3.07. The van der Waals surface area contributed by atoms with E-state index in [0.29, 0.717) is 23.6 Å². The zero-order valence-electron chi connectivity index (χ0n) is 13.5. The molecule has 0 saturated carbocycles. The van der Waals surface area contributed by atoms with Crippen LogP contribution in [-0.2, 0) is 14.6 Å². The first-order valence-corrected chi connectivity index (χ1v) is 10.6. The van der Waals surface area contributed by atoms with Gasteiger partial charge in [-0.25, -0.2) is 22.2 Å². The molecule has 1 aromatic heterocycles. The molecule has 2 heterocycles. The van der Waals surface area contributed by atoms with Crippen LogP contribution < -0.4 is 0 Å². The van der Waals surface area contributed by atoms with Crippen LogP contribution in [0, 0.1) is 11.6 Å². The van der Waals surface area contributed by atoms with Crippen LogP contribution in [0.15, 0.2) is 17.3 Å². The van der Waals surface area contributed by atoms with Gasteiger partial charge in [0.05, 0.1) is 28.3 Å². The Morgan fingerprint density at radius 3 is 2.76 bits per heavy atom. The fraction of sp³-hybridized carbons (Fsp3) is 0.467. The highest BCUT2D eigenvalue weighted by molar-refractivity contribution is 7.99. The lowest BCUT2D eigenvalue weighted by molar-refractivity contribution is -0.129. The Balaban J connectivity index is 1.67.